The number of aliphatic hydroxyl groups is 1. The minimum Gasteiger partial charge on any atom is -0.392 e. The van der Waals surface area contributed by atoms with Crippen LogP contribution in [-0.4, -0.2) is 67.3 Å². The van der Waals surface area contributed by atoms with E-state index in [-0.39, 0.29) is 11.5 Å². The molecular weight excluding hydrogens is 226 g/mol. The van der Waals surface area contributed by atoms with E-state index in [4.69, 9.17) is 5.73 Å². The van der Waals surface area contributed by atoms with Crippen LogP contribution in [0, 0.1) is 5.41 Å². The normalized spacial score (nSPS) is 26.2. The summed E-state index contributed by atoms with van der Waals surface area (Å²) >= 11 is 0. The van der Waals surface area contributed by atoms with Crippen molar-refractivity contribution in [1.82, 2.24) is 9.80 Å². The fourth-order valence-corrected chi connectivity index (χ4v) is 3.02. The van der Waals surface area contributed by atoms with Gasteiger partial charge < -0.3 is 15.7 Å². The quantitative estimate of drug-likeness (QED) is 0.707. The first-order chi connectivity index (χ1) is 8.46. The number of nitrogens with two attached hydrogens (primary N) is 1. The van der Waals surface area contributed by atoms with E-state index in [0.29, 0.717) is 6.04 Å². The number of likely N-dealkylation sites (N-methyl/N-ethyl adjacent to an activating group) is 1. The summed E-state index contributed by atoms with van der Waals surface area (Å²) in [5.74, 6) is 0. The maximum atomic E-state index is 9.91. The molecule has 1 saturated heterocycles. The SMILES string of the molecule is CCC(CC)(CN)CN1CC(O)CC1CN(C)C. The average molecular weight is 257 g/mol. The van der Waals surface area contributed by atoms with Crippen LogP contribution >= 0.6 is 0 Å². The summed E-state index contributed by atoms with van der Waals surface area (Å²) in [6.45, 7) is 8.03. The summed E-state index contributed by atoms with van der Waals surface area (Å²) in [5.41, 5.74) is 6.21. The third kappa shape index (κ3) is 3.92. The Bertz CT molecular complexity index is 233. The predicted octanol–water partition coefficient (Wildman–Crippen LogP) is 0.748. The molecule has 0 aromatic heterocycles. The highest BCUT2D eigenvalue weighted by atomic mass is 16.3. The number of hydrogen-bond donors (Lipinski definition) is 2. The molecule has 0 bridgehead atoms. The van der Waals surface area contributed by atoms with Gasteiger partial charge in [0.1, 0.15) is 0 Å². The van der Waals surface area contributed by atoms with E-state index >= 15 is 0 Å². The number of likely N-dealkylation sites (tertiary alicyclic amines) is 1. The highest BCUT2D eigenvalue weighted by Crippen LogP contribution is 2.30. The van der Waals surface area contributed by atoms with Crippen molar-refractivity contribution in [3.05, 3.63) is 0 Å². The summed E-state index contributed by atoms with van der Waals surface area (Å²) in [6.07, 6.45) is 2.95. The van der Waals surface area contributed by atoms with Crippen LogP contribution in [-0.2, 0) is 0 Å². The Morgan fingerprint density at radius 3 is 2.39 bits per heavy atom. The van der Waals surface area contributed by atoms with Crippen LogP contribution in [0.1, 0.15) is 33.1 Å². The van der Waals surface area contributed by atoms with Gasteiger partial charge >= 0.3 is 0 Å². The van der Waals surface area contributed by atoms with Crippen molar-refractivity contribution in [3.63, 3.8) is 0 Å². The molecule has 108 valence electrons. The lowest BCUT2D eigenvalue weighted by Gasteiger charge is -2.37. The molecule has 0 aromatic rings. The molecule has 0 amide bonds. The largest absolute Gasteiger partial charge is 0.392 e. The van der Waals surface area contributed by atoms with Crippen LogP contribution in [0.3, 0.4) is 0 Å². The summed E-state index contributed by atoms with van der Waals surface area (Å²) in [7, 11) is 4.19. The minimum absolute atomic E-state index is 0.167. The maximum Gasteiger partial charge on any atom is 0.0682 e. The van der Waals surface area contributed by atoms with Crippen molar-refractivity contribution in [2.45, 2.75) is 45.3 Å². The molecule has 1 aliphatic rings. The molecule has 2 unspecified atom stereocenters. The zero-order chi connectivity index (χ0) is 13.8. The first-order valence-electron chi connectivity index (χ1n) is 7.23. The van der Waals surface area contributed by atoms with E-state index in [1.54, 1.807) is 0 Å². The summed E-state index contributed by atoms with van der Waals surface area (Å²) in [6, 6.07) is 0.471. The van der Waals surface area contributed by atoms with Crippen molar-refractivity contribution < 1.29 is 5.11 Å². The molecule has 4 heteroatoms. The van der Waals surface area contributed by atoms with Crippen LogP contribution in [0.15, 0.2) is 0 Å². The molecule has 18 heavy (non-hydrogen) atoms. The van der Waals surface area contributed by atoms with Crippen molar-refractivity contribution in [2.24, 2.45) is 11.1 Å². The standard InChI is InChI=1S/C14H31N3O/c1-5-14(6-2,10-15)11-17-9-13(18)7-12(17)8-16(3)4/h12-13,18H,5-11,15H2,1-4H3. The lowest BCUT2D eigenvalue weighted by atomic mass is 9.81. The Labute approximate surface area is 112 Å². The van der Waals surface area contributed by atoms with Crippen LogP contribution in [0.5, 0.6) is 0 Å². The minimum atomic E-state index is -0.167. The highest BCUT2D eigenvalue weighted by molar-refractivity contribution is 4.91. The number of aliphatic hydroxyl groups excluding tert-OH is 1. The van der Waals surface area contributed by atoms with Gasteiger partial charge in [-0.25, -0.2) is 0 Å². The van der Waals surface area contributed by atoms with Gasteiger partial charge in [-0.15, -0.1) is 0 Å². The summed E-state index contributed by atoms with van der Waals surface area (Å²) < 4.78 is 0. The number of β-amino-alcohol motifs (C(OH)–C–C–N with tert-alkyl or cyclic N) is 1. The number of rotatable bonds is 7. The fourth-order valence-electron chi connectivity index (χ4n) is 3.02. The second-order valence-electron chi connectivity index (χ2n) is 6.15. The molecule has 0 spiro atoms. The van der Waals surface area contributed by atoms with Crippen molar-refractivity contribution in [1.29, 1.82) is 0 Å². The summed E-state index contributed by atoms with van der Waals surface area (Å²) in [4.78, 5) is 4.66. The van der Waals surface area contributed by atoms with E-state index in [0.717, 1.165) is 45.4 Å². The van der Waals surface area contributed by atoms with E-state index in [9.17, 15) is 5.11 Å². The molecule has 2 atom stereocenters. The van der Waals surface area contributed by atoms with Crippen molar-refractivity contribution >= 4 is 0 Å². The van der Waals surface area contributed by atoms with E-state index in [1.165, 1.54) is 0 Å². The van der Waals surface area contributed by atoms with E-state index < -0.39 is 0 Å². The van der Waals surface area contributed by atoms with Gasteiger partial charge in [0.05, 0.1) is 6.10 Å². The molecule has 1 heterocycles. The van der Waals surface area contributed by atoms with Gasteiger partial charge in [-0.05, 0) is 45.3 Å². The molecule has 0 radical (unpaired) electrons. The fraction of sp³-hybridized carbons (Fsp3) is 1.00. The van der Waals surface area contributed by atoms with Gasteiger partial charge in [0.25, 0.3) is 0 Å². The van der Waals surface area contributed by atoms with Crippen LogP contribution in [0.25, 0.3) is 0 Å². The second kappa shape index (κ2) is 6.85. The first-order valence-corrected chi connectivity index (χ1v) is 7.23. The lowest BCUT2D eigenvalue weighted by molar-refractivity contribution is 0.110. The monoisotopic (exact) mass is 257 g/mol. The molecule has 4 nitrogen and oxygen atoms in total. The average Bonchev–Trinajstić information content (AvgIpc) is 2.65. The zero-order valence-corrected chi connectivity index (χ0v) is 12.5. The van der Waals surface area contributed by atoms with Crippen LogP contribution in [0.4, 0.5) is 0 Å². The highest BCUT2D eigenvalue weighted by Gasteiger charge is 2.36. The molecule has 0 aromatic carbocycles. The van der Waals surface area contributed by atoms with Crippen molar-refractivity contribution in [3.8, 4) is 0 Å². The smallest absolute Gasteiger partial charge is 0.0682 e. The Kier molecular flexibility index (Phi) is 6.05. The molecule has 1 rings (SSSR count). The predicted molar refractivity (Wildman–Crippen MR) is 76.6 cm³/mol. The van der Waals surface area contributed by atoms with Gasteiger partial charge in [-0.1, -0.05) is 13.8 Å². The molecule has 0 saturated carbocycles. The Balaban J connectivity index is 2.67. The van der Waals surface area contributed by atoms with Crippen LogP contribution in [0.2, 0.25) is 0 Å². The Hall–Kier alpha value is -0.160. The molecular formula is C14H31N3O. The Morgan fingerprint density at radius 2 is 1.94 bits per heavy atom. The molecule has 1 aliphatic heterocycles. The first kappa shape index (κ1) is 15.9. The maximum absolute atomic E-state index is 9.91. The van der Waals surface area contributed by atoms with Gasteiger partial charge in [0.2, 0.25) is 0 Å². The zero-order valence-electron chi connectivity index (χ0n) is 12.5. The third-order valence-electron chi connectivity index (χ3n) is 4.55. The van der Waals surface area contributed by atoms with Crippen molar-refractivity contribution in [2.75, 3.05) is 40.3 Å². The number of nitrogens with zero attached hydrogens (tertiary/aromatic N) is 2. The summed E-state index contributed by atoms with van der Waals surface area (Å²) in [5, 5.41) is 9.91. The topological polar surface area (TPSA) is 52.7 Å². The van der Waals surface area contributed by atoms with Gasteiger partial charge in [0.15, 0.2) is 0 Å². The second-order valence-corrected chi connectivity index (χ2v) is 6.15. The molecule has 0 aliphatic carbocycles. The lowest BCUT2D eigenvalue weighted by Crippen LogP contribution is -2.46. The molecule has 3 N–H and O–H groups in total. The van der Waals surface area contributed by atoms with E-state index in [1.807, 2.05) is 0 Å². The van der Waals surface area contributed by atoms with Gasteiger partial charge in [-0.2, -0.15) is 0 Å². The van der Waals surface area contributed by atoms with Crippen LogP contribution < -0.4 is 5.73 Å². The molecule has 1 fully saturated rings. The van der Waals surface area contributed by atoms with Gasteiger partial charge in [-0.3, -0.25) is 4.90 Å². The number of hydrogen-bond acceptors (Lipinski definition) is 4. The third-order valence-corrected chi connectivity index (χ3v) is 4.55. The van der Waals surface area contributed by atoms with Gasteiger partial charge in [0, 0.05) is 25.7 Å². The Morgan fingerprint density at radius 1 is 1.33 bits per heavy atom. The van der Waals surface area contributed by atoms with E-state index in [2.05, 4.69) is 37.7 Å².